The predicted molar refractivity (Wildman–Crippen MR) is 118 cm³/mol. The topological polar surface area (TPSA) is 52.6 Å². The van der Waals surface area contributed by atoms with Crippen LogP contribution in [0.4, 0.5) is 4.39 Å². The largest absolute Gasteiger partial charge is 0.466 e. The van der Waals surface area contributed by atoms with Crippen LogP contribution >= 0.6 is 0 Å². The lowest BCUT2D eigenvalue weighted by Gasteiger charge is -2.09. The van der Waals surface area contributed by atoms with Gasteiger partial charge in [-0.15, -0.1) is 0 Å². The zero-order valence-corrected chi connectivity index (χ0v) is 17.3. The van der Waals surface area contributed by atoms with Crippen LogP contribution in [-0.2, 0) is 20.7 Å². The van der Waals surface area contributed by atoms with E-state index in [1.54, 1.807) is 30.3 Å². The van der Waals surface area contributed by atoms with Gasteiger partial charge in [0.2, 0.25) is 0 Å². The molecule has 0 N–H and O–H groups in total. The van der Waals surface area contributed by atoms with Gasteiger partial charge in [-0.05, 0) is 53.3 Å². The third-order valence-electron chi connectivity index (χ3n) is 4.72. The van der Waals surface area contributed by atoms with Crippen molar-refractivity contribution in [1.82, 2.24) is 0 Å². The van der Waals surface area contributed by atoms with Crippen molar-refractivity contribution in [3.05, 3.63) is 90.8 Å². The Labute approximate surface area is 180 Å². The first-order chi connectivity index (χ1) is 15.0. The first-order valence-corrected chi connectivity index (χ1v) is 9.93. The van der Waals surface area contributed by atoms with Crippen molar-refractivity contribution >= 4 is 11.9 Å². The molecule has 0 spiro atoms. The monoisotopic (exact) mass is 418 g/mol. The molecule has 3 aromatic rings. The van der Waals surface area contributed by atoms with Crippen LogP contribution in [0.15, 0.2) is 79.4 Å². The molecule has 0 radical (unpaired) electrons. The maximum absolute atomic E-state index is 14.8. The quantitative estimate of drug-likeness (QED) is 0.202. The highest BCUT2D eigenvalue weighted by Crippen LogP contribution is 2.29. The fraction of sp³-hybridized carbons (Fsp3) is 0.154. The van der Waals surface area contributed by atoms with Crippen molar-refractivity contribution in [2.24, 2.45) is 0 Å². The number of ether oxygens (including phenoxy) is 2. The van der Waals surface area contributed by atoms with Gasteiger partial charge in [-0.2, -0.15) is 0 Å². The zero-order valence-electron chi connectivity index (χ0n) is 17.3. The van der Waals surface area contributed by atoms with Crippen molar-refractivity contribution in [3.63, 3.8) is 0 Å². The van der Waals surface area contributed by atoms with Crippen molar-refractivity contribution in [1.29, 1.82) is 0 Å². The van der Waals surface area contributed by atoms with Crippen molar-refractivity contribution < 1.29 is 23.5 Å². The summed E-state index contributed by atoms with van der Waals surface area (Å²) in [7, 11) is 0. The Morgan fingerprint density at radius 1 is 0.935 bits per heavy atom. The number of hydrogen-bond donors (Lipinski definition) is 0. The van der Waals surface area contributed by atoms with Gasteiger partial charge in [-0.1, -0.05) is 55.1 Å². The fourth-order valence-corrected chi connectivity index (χ4v) is 3.15. The van der Waals surface area contributed by atoms with E-state index in [0.29, 0.717) is 23.5 Å². The Balaban J connectivity index is 1.68. The van der Waals surface area contributed by atoms with Crippen LogP contribution in [0.3, 0.4) is 0 Å². The molecule has 3 aromatic carbocycles. The van der Waals surface area contributed by atoms with Gasteiger partial charge >= 0.3 is 11.9 Å². The summed E-state index contributed by atoms with van der Waals surface area (Å²) >= 11 is 0. The standard InChI is InChI=1S/C26H23FO4/c1-3-26(29)31-23-13-10-21(11-14-23)24-15-12-22(17-25(24)27)20-8-6-19(7-9-20)5-4-16-30-18(2)28/h3,6-15,17H,1,4-5,16H2,2H3. The van der Waals surface area contributed by atoms with Gasteiger partial charge in [-0.3, -0.25) is 4.79 Å². The van der Waals surface area contributed by atoms with Crippen LogP contribution in [-0.4, -0.2) is 18.5 Å². The summed E-state index contributed by atoms with van der Waals surface area (Å²) in [5, 5.41) is 0. The molecular weight excluding hydrogens is 395 g/mol. The number of halogens is 1. The van der Waals surface area contributed by atoms with Gasteiger partial charge in [0.05, 0.1) is 6.61 Å². The Kier molecular flexibility index (Phi) is 7.33. The van der Waals surface area contributed by atoms with Crippen LogP contribution in [0, 0.1) is 5.82 Å². The van der Waals surface area contributed by atoms with Gasteiger partial charge < -0.3 is 9.47 Å². The molecule has 0 saturated heterocycles. The zero-order chi connectivity index (χ0) is 22.2. The van der Waals surface area contributed by atoms with Crippen LogP contribution in [0.5, 0.6) is 5.75 Å². The van der Waals surface area contributed by atoms with Gasteiger partial charge in [0.15, 0.2) is 0 Å². The van der Waals surface area contributed by atoms with E-state index in [2.05, 4.69) is 6.58 Å². The second-order valence-corrected chi connectivity index (χ2v) is 6.98. The highest BCUT2D eigenvalue weighted by Gasteiger charge is 2.09. The molecular formula is C26H23FO4. The molecule has 0 aliphatic carbocycles. The van der Waals surface area contributed by atoms with Crippen molar-refractivity contribution in [2.45, 2.75) is 19.8 Å². The molecule has 0 saturated carbocycles. The summed E-state index contributed by atoms with van der Waals surface area (Å²) in [5.74, 6) is -0.774. The van der Waals surface area contributed by atoms with E-state index in [0.717, 1.165) is 35.6 Å². The molecule has 5 heteroatoms. The minimum absolute atomic E-state index is 0.270. The number of esters is 2. The molecule has 0 aromatic heterocycles. The maximum atomic E-state index is 14.8. The van der Waals surface area contributed by atoms with Crippen molar-refractivity contribution in [3.8, 4) is 28.0 Å². The van der Waals surface area contributed by atoms with Crippen LogP contribution in [0.1, 0.15) is 18.9 Å². The normalized spacial score (nSPS) is 10.4. The number of hydrogen-bond acceptors (Lipinski definition) is 4. The van der Waals surface area contributed by atoms with Gasteiger partial charge in [0, 0.05) is 18.6 Å². The first kappa shape index (κ1) is 22.0. The summed E-state index contributed by atoms with van der Waals surface area (Å²) in [6.45, 7) is 5.16. The lowest BCUT2D eigenvalue weighted by molar-refractivity contribution is -0.141. The average molecular weight is 418 g/mol. The smallest absolute Gasteiger partial charge is 0.335 e. The molecule has 0 aliphatic rings. The van der Waals surface area contributed by atoms with E-state index < -0.39 is 5.97 Å². The first-order valence-electron chi connectivity index (χ1n) is 9.93. The molecule has 0 bridgehead atoms. The van der Waals surface area contributed by atoms with Crippen LogP contribution < -0.4 is 4.74 Å². The molecule has 31 heavy (non-hydrogen) atoms. The maximum Gasteiger partial charge on any atom is 0.335 e. The Bertz CT molecular complexity index is 1070. The van der Waals surface area contributed by atoms with E-state index in [1.165, 1.54) is 13.0 Å². The van der Waals surface area contributed by atoms with E-state index in [1.807, 2.05) is 30.3 Å². The Hall–Kier alpha value is -3.73. The van der Waals surface area contributed by atoms with E-state index in [9.17, 15) is 14.0 Å². The number of carbonyl (C=O) groups is 2. The summed E-state index contributed by atoms with van der Waals surface area (Å²) in [5.41, 5.74) is 3.98. The van der Waals surface area contributed by atoms with Crippen molar-refractivity contribution in [2.75, 3.05) is 6.61 Å². The number of aryl methyl sites for hydroxylation is 1. The molecule has 0 unspecified atom stereocenters. The highest BCUT2D eigenvalue weighted by atomic mass is 19.1. The molecule has 4 nitrogen and oxygen atoms in total. The number of benzene rings is 3. The molecule has 158 valence electrons. The van der Waals surface area contributed by atoms with E-state index in [4.69, 9.17) is 9.47 Å². The lowest BCUT2D eigenvalue weighted by atomic mass is 9.98. The predicted octanol–water partition coefficient (Wildman–Crippen LogP) is 5.75. The second-order valence-electron chi connectivity index (χ2n) is 6.98. The lowest BCUT2D eigenvalue weighted by Crippen LogP contribution is -2.02. The SMILES string of the molecule is C=CC(=O)Oc1ccc(-c2ccc(-c3ccc(CCCOC(C)=O)cc3)cc2F)cc1. The summed E-state index contributed by atoms with van der Waals surface area (Å²) in [6.07, 6.45) is 2.65. The van der Waals surface area contributed by atoms with Crippen LogP contribution in [0.25, 0.3) is 22.3 Å². The highest BCUT2D eigenvalue weighted by molar-refractivity contribution is 5.83. The molecule has 0 aliphatic heterocycles. The average Bonchev–Trinajstić information content (AvgIpc) is 2.77. The second kappa shape index (κ2) is 10.3. The Morgan fingerprint density at radius 2 is 1.58 bits per heavy atom. The summed E-state index contributed by atoms with van der Waals surface area (Å²) < 4.78 is 24.8. The van der Waals surface area contributed by atoms with Crippen LogP contribution in [0.2, 0.25) is 0 Å². The van der Waals surface area contributed by atoms with E-state index in [-0.39, 0.29) is 11.8 Å². The van der Waals surface area contributed by atoms with E-state index >= 15 is 0 Å². The molecule has 0 atom stereocenters. The minimum Gasteiger partial charge on any atom is -0.466 e. The third-order valence-corrected chi connectivity index (χ3v) is 4.72. The number of rotatable bonds is 8. The Morgan fingerprint density at radius 3 is 2.19 bits per heavy atom. The van der Waals surface area contributed by atoms with Gasteiger partial charge in [0.25, 0.3) is 0 Å². The third kappa shape index (κ3) is 6.12. The van der Waals surface area contributed by atoms with Gasteiger partial charge in [0.1, 0.15) is 11.6 Å². The summed E-state index contributed by atoms with van der Waals surface area (Å²) in [4.78, 5) is 22.0. The minimum atomic E-state index is -0.543. The number of carbonyl (C=O) groups excluding carboxylic acids is 2. The van der Waals surface area contributed by atoms with Gasteiger partial charge in [-0.25, -0.2) is 9.18 Å². The molecule has 0 amide bonds. The molecule has 0 heterocycles. The molecule has 0 fully saturated rings. The molecule has 3 rings (SSSR count). The summed E-state index contributed by atoms with van der Waals surface area (Å²) in [6, 6.07) is 19.7. The fourth-order valence-electron chi connectivity index (χ4n) is 3.15.